The van der Waals surface area contributed by atoms with E-state index in [-0.39, 0.29) is 1.43 Å². The van der Waals surface area contributed by atoms with Crippen molar-refractivity contribution in [3.63, 3.8) is 0 Å². The maximum Gasteiger partial charge on any atom is 0.207 e. The van der Waals surface area contributed by atoms with E-state index in [4.69, 9.17) is 0 Å². The summed E-state index contributed by atoms with van der Waals surface area (Å²) in [6.07, 6.45) is 0.708. The van der Waals surface area contributed by atoms with E-state index in [1.165, 1.54) is 5.56 Å². The van der Waals surface area contributed by atoms with Gasteiger partial charge in [0.1, 0.15) is 0 Å². The van der Waals surface area contributed by atoms with Crippen LogP contribution in [-0.2, 0) is 11.3 Å². The van der Waals surface area contributed by atoms with Gasteiger partial charge in [-0.25, -0.2) is 0 Å². The normalized spacial score (nSPS) is 9.18. The molecular formula is C9H13NO. The molecule has 0 unspecified atom stereocenters. The molecule has 0 saturated heterocycles. The van der Waals surface area contributed by atoms with Gasteiger partial charge in [0.05, 0.1) is 0 Å². The standard InChI is InChI=1S/C9H11NO.H2/c1-8-2-4-9(5-3-8)6-10-7-11;/h2-5,7H,6H2,1H3,(H,10,11);1H. The lowest BCUT2D eigenvalue weighted by Gasteiger charge is -1.98. The number of carbonyl (C=O) groups is 1. The van der Waals surface area contributed by atoms with E-state index in [0.717, 1.165) is 5.56 Å². The second-order valence-corrected chi connectivity index (χ2v) is 2.48. The number of rotatable bonds is 3. The molecule has 0 bridgehead atoms. The van der Waals surface area contributed by atoms with Crippen LogP contribution in [0.15, 0.2) is 24.3 Å². The zero-order valence-corrected chi connectivity index (χ0v) is 6.50. The average molecular weight is 151 g/mol. The summed E-state index contributed by atoms with van der Waals surface area (Å²) in [5.74, 6) is 0. The van der Waals surface area contributed by atoms with Crippen molar-refractivity contribution in [3.05, 3.63) is 35.4 Å². The molecule has 0 aliphatic heterocycles. The summed E-state index contributed by atoms with van der Waals surface area (Å²) >= 11 is 0. The van der Waals surface area contributed by atoms with Crippen molar-refractivity contribution in [2.24, 2.45) is 0 Å². The van der Waals surface area contributed by atoms with Crippen LogP contribution in [0.25, 0.3) is 0 Å². The minimum absolute atomic E-state index is 0. The summed E-state index contributed by atoms with van der Waals surface area (Å²) < 4.78 is 0. The van der Waals surface area contributed by atoms with E-state index < -0.39 is 0 Å². The molecule has 0 saturated carbocycles. The number of hydrogen-bond acceptors (Lipinski definition) is 1. The SMILES string of the molecule is Cc1ccc(CNC=O)cc1.[HH]. The highest BCUT2D eigenvalue weighted by Gasteiger charge is 1.88. The molecule has 2 heteroatoms. The van der Waals surface area contributed by atoms with Crippen LogP contribution >= 0.6 is 0 Å². The van der Waals surface area contributed by atoms with Gasteiger partial charge >= 0.3 is 0 Å². The van der Waals surface area contributed by atoms with Gasteiger partial charge in [-0.15, -0.1) is 0 Å². The molecule has 1 aromatic rings. The Balaban J connectivity index is 0.00000121. The molecule has 0 heterocycles. The lowest BCUT2D eigenvalue weighted by Crippen LogP contribution is -2.09. The minimum Gasteiger partial charge on any atom is -0.355 e. The van der Waals surface area contributed by atoms with Crippen LogP contribution in [-0.4, -0.2) is 6.41 Å². The Morgan fingerprint density at radius 3 is 2.64 bits per heavy atom. The lowest BCUT2D eigenvalue weighted by atomic mass is 10.1. The van der Waals surface area contributed by atoms with E-state index in [1.54, 1.807) is 0 Å². The Labute approximate surface area is 67.7 Å². The van der Waals surface area contributed by atoms with Gasteiger partial charge in [0.2, 0.25) is 6.41 Å². The number of nitrogens with one attached hydrogen (secondary N) is 1. The molecule has 0 radical (unpaired) electrons. The summed E-state index contributed by atoms with van der Waals surface area (Å²) in [5.41, 5.74) is 2.36. The zero-order valence-electron chi connectivity index (χ0n) is 6.50. The van der Waals surface area contributed by atoms with E-state index in [9.17, 15) is 4.79 Å². The number of benzene rings is 1. The highest BCUT2D eigenvalue weighted by atomic mass is 16.1. The Morgan fingerprint density at radius 2 is 2.09 bits per heavy atom. The van der Waals surface area contributed by atoms with Gasteiger partial charge in [0, 0.05) is 7.97 Å². The van der Waals surface area contributed by atoms with Crippen molar-refractivity contribution in [2.75, 3.05) is 0 Å². The maximum atomic E-state index is 9.93. The largest absolute Gasteiger partial charge is 0.355 e. The fourth-order valence-corrected chi connectivity index (χ4v) is 0.865. The maximum absolute atomic E-state index is 9.93. The molecule has 0 atom stereocenters. The van der Waals surface area contributed by atoms with Gasteiger partial charge in [-0.1, -0.05) is 29.8 Å². The molecule has 2 nitrogen and oxygen atoms in total. The molecule has 11 heavy (non-hydrogen) atoms. The first kappa shape index (κ1) is 7.79. The van der Waals surface area contributed by atoms with Crippen molar-refractivity contribution in [1.29, 1.82) is 0 Å². The Bertz CT molecular complexity index is 233. The first-order valence-corrected chi connectivity index (χ1v) is 3.55. The van der Waals surface area contributed by atoms with Crippen LogP contribution < -0.4 is 5.32 Å². The second-order valence-electron chi connectivity index (χ2n) is 2.48. The van der Waals surface area contributed by atoms with Crippen molar-refractivity contribution in [3.8, 4) is 0 Å². The molecule has 1 aromatic carbocycles. The number of carbonyl (C=O) groups excluding carboxylic acids is 1. The summed E-state index contributed by atoms with van der Waals surface area (Å²) in [4.78, 5) is 9.93. The Morgan fingerprint density at radius 1 is 1.45 bits per heavy atom. The fraction of sp³-hybridized carbons (Fsp3) is 0.222. The third-order valence-corrected chi connectivity index (χ3v) is 1.51. The fourth-order valence-electron chi connectivity index (χ4n) is 0.865. The van der Waals surface area contributed by atoms with E-state index >= 15 is 0 Å². The van der Waals surface area contributed by atoms with Gasteiger partial charge in [0.25, 0.3) is 0 Å². The van der Waals surface area contributed by atoms with Gasteiger partial charge in [-0.2, -0.15) is 0 Å². The van der Waals surface area contributed by atoms with Gasteiger partial charge < -0.3 is 5.32 Å². The van der Waals surface area contributed by atoms with E-state index in [1.807, 2.05) is 31.2 Å². The average Bonchev–Trinajstić information content (AvgIpc) is 2.04. The van der Waals surface area contributed by atoms with Gasteiger partial charge in [0.15, 0.2) is 0 Å². The number of hydrogen-bond donors (Lipinski definition) is 1. The van der Waals surface area contributed by atoms with Crippen molar-refractivity contribution >= 4 is 6.41 Å². The molecule has 1 N–H and O–H groups in total. The Kier molecular flexibility index (Phi) is 2.66. The molecule has 1 rings (SSSR count). The highest BCUT2D eigenvalue weighted by Crippen LogP contribution is 2.01. The van der Waals surface area contributed by atoms with Crippen molar-refractivity contribution in [1.82, 2.24) is 5.32 Å². The Hall–Kier alpha value is -1.31. The smallest absolute Gasteiger partial charge is 0.207 e. The third kappa shape index (κ3) is 2.42. The number of aryl methyl sites for hydroxylation is 1. The highest BCUT2D eigenvalue weighted by molar-refractivity contribution is 5.46. The summed E-state index contributed by atoms with van der Waals surface area (Å²) in [6.45, 7) is 2.65. The molecule has 60 valence electrons. The monoisotopic (exact) mass is 151 g/mol. The van der Waals surface area contributed by atoms with Crippen LogP contribution in [0, 0.1) is 6.92 Å². The van der Waals surface area contributed by atoms with Crippen LogP contribution in [0.4, 0.5) is 0 Å². The molecule has 0 aromatic heterocycles. The van der Waals surface area contributed by atoms with Gasteiger partial charge in [-0.3, -0.25) is 4.79 Å². The quantitative estimate of drug-likeness (QED) is 0.651. The summed E-state index contributed by atoms with van der Waals surface area (Å²) in [7, 11) is 0. The summed E-state index contributed by atoms with van der Waals surface area (Å²) in [5, 5.41) is 2.60. The van der Waals surface area contributed by atoms with Gasteiger partial charge in [-0.05, 0) is 12.5 Å². The van der Waals surface area contributed by atoms with Crippen LogP contribution in [0.2, 0.25) is 0 Å². The molecule has 0 aliphatic rings. The minimum atomic E-state index is 0. The summed E-state index contributed by atoms with van der Waals surface area (Å²) in [6, 6.07) is 8.07. The molecular weight excluding hydrogens is 138 g/mol. The second kappa shape index (κ2) is 3.76. The number of amides is 1. The lowest BCUT2D eigenvalue weighted by molar-refractivity contribution is -0.109. The van der Waals surface area contributed by atoms with Crippen molar-refractivity contribution < 1.29 is 6.22 Å². The van der Waals surface area contributed by atoms with Crippen LogP contribution in [0.1, 0.15) is 12.6 Å². The topological polar surface area (TPSA) is 29.1 Å². The van der Waals surface area contributed by atoms with Crippen LogP contribution in [0.5, 0.6) is 0 Å². The molecule has 0 spiro atoms. The first-order chi connectivity index (χ1) is 5.33. The van der Waals surface area contributed by atoms with Crippen LogP contribution in [0.3, 0.4) is 0 Å². The molecule has 1 amide bonds. The predicted octanol–water partition coefficient (Wildman–Crippen LogP) is 1.49. The molecule has 0 fully saturated rings. The van der Waals surface area contributed by atoms with Crippen molar-refractivity contribution in [2.45, 2.75) is 13.5 Å². The molecule has 0 aliphatic carbocycles. The zero-order chi connectivity index (χ0) is 8.10. The first-order valence-electron chi connectivity index (χ1n) is 3.55. The van der Waals surface area contributed by atoms with E-state index in [0.29, 0.717) is 13.0 Å². The predicted molar refractivity (Wildman–Crippen MR) is 46.2 cm³/mol. The third-order valence-electron chi connectivity index (χ3n) is 1.51. The van der Waals surface area contributed by atoms with E-state index in [2.05, 4.69) is 5.32 Å².